The average molecular weight is 190 g/mol. The lowest BCUT2D eigenvalue weighted by Crippen LogP contribution is -2.07. The van der Waals surface area contributed by atoms with E-state index in [1.807, 2.05) is 0 Å². The van der Waals surface area contributed by atoms with Gasteiger partial charge in [0.05, 0.1) is 5.39 Å². The van der Waals surface area contributed by atoms with Gasteiger partial charge >= 0.3 is 11.4 Å². The molecular weight excluding hydrogens is 184 g/mol. The number of nitro groups is 1. The number of nitrogens with one attached hydrogen (secondary N) is 1. The highest BCUT2D eigenvalue weighted by molar-refractivity contribution is 5.88. The zero-order valence-corrected chi connectivity index (χ0v) is 7.06. The molecule has 1 N–H and O–H groups in total. The van der Waals surface area contributed by atoms with Gasteiger partial charge in [0.1, 0.15) is 0 Å². The van der Waals surface area contributed by atoms with Gasteiger partial charge in [-0.15, -0.1) is 0 Å². The molecule has 0 bridgehead atoms. The number of rotatable bonds is 1. The van der Waals surface area contributed by atoms with Crippen LogP contribution >= 0.6 is 0 Å². The highest BCUT2D eigenvalue weighted by Gasteiger charge is 2.10. The van der Waals surface area contributed by atoms with Gasteiger partial charge in [0.2, 0.25) is 0 Å². The lowest BCUT2D eigenvalue weighted by Gasteiger charge is -1.98. The van der Waals surface area contributed by atoms with E-state index < -0.39 is 10.5 Å². The molecule has 0 atom stereocenters. The van der Waals surface area contributed by atoms with Gasteiger partial charge in [-0.05, 0) is 16.4 Å². The Kier molecular flexibility index (Phi) is 1.78. The minimum Gasteiger partial charge on any atom is -0.358 e. The van der Waals surface area contributed by atoms with E-state index >= 15 is 0 Å². The van der Waals surface area contributed by atoms with Crippen molar-refractivity contribution >= 4 is 16.6 Å². The fourth-order valence-corrected chi connectivity index (χ4v) is 1.34. The molecule has 5 nitrogen and oxygen atoms in total. The minimum absolute atomic E-state index is 0.256. The van der Waals surface area contributed by atoms with Crippen molar-refractivity contribution < 1.29 is 4.92 Å². The topological polar surface area (TPSA) is 76.0 Å². The molecule has 0 saturated heterocycles. The third-order valence-electron chi connectivity index (χ3n) is 1.93. The summed E-state index contributed by atoms with van der Waals surface area (Å²) in [4.78, 5) is 23.3. The summed E-state index contributed by atoms with van der Waals surface area (Å²) in [5.41, 5.74) is -0.463. The van der Waals surface area contributed by atoms with E-state index in [2.05, 4.69) is 4.98 Å². The van der Waals surface area contributed by atoms with Crippen molar-refractivity contribution in [2.24, 2.45) is 0 Å². The first-order chi connectivity index (χ1) is 6.68. The van der Waals surface area contributed by atoms with Gasteiger partial charge in [0.25, 0.3) is 0 Å². The molecule has 2 aromatic rings. The molecule has 0 aliphatic heterocycles. The Hall–Kier alpha value is -2.17. The van der Waals surface area contributed by atoms with E-state index in [0.29, 0.717) is 10.8 Å². The number of hydrogen-bond acceptors (Lipinski definition) is 3. The molecule has 0 saturated carbocycles. The summed E-state index contributed by atoms with van der Waals surface area (Å²) in [6.45, 7) is 0. The quantitative estimate of drug-likeness (QED) is 0.546. The van der Waals surface area contributed by atoms with Gasteiger partial charge < -0.3 is 10.1 Å². The van der Waals surface area contributed by atoms with Gasteiger partial charge in [0, 0.05) is 6.07 Å². The first-order valence-corrected chi connectivity index (χ1v) is 3.95. The summed E-state index contributed by atoms with van der Waals surface area (Å²) >= 11 is 0. The lowest BCUT2D eigenvalue weighted by atomic mass is 10.2. The first-order valence-electron chi connectivity index (χ1n) is 3.95. The third kappa shape index (κ3) is 1.24. The number of aromatic nitrogens is 1. The predicted octanol–water partition coefficient (Wildman–Crippen LogP) is 1.44. The van der Waals surface area contributed by atoms with E-state index in [0.717, 1.165) is 0 Å². The van der Waals surface area contributed by atoms with E-state index in [9.17, 15) is 14.9 Å². The highest BCUT2D eigenvalue weighted by Crippen LogP contribution is 2.19. The molecule has 0 fully saturated rings. The molecule has 14 heavy (non-hydrogen) atoms. The van der Waals surface area contributed by atoms with Crippen LogP contribution in [0.2, 0.25) is 0 Å². The summed E-state index contributed by atoms with van der Waals surface area (Å²) in [6.07, 6.45) is 0. The monoisotopic (exact) mass is 190 g/mol. The van der Waals surface area contributed by atoms with Crippen molar-refractivity contribution in [3.05, 3.63) is 50.8 Å². The second kappa shape index (κ2) is 2.95. The van der Waals surface area contributed by atoms with Gasteiger partial charge in [-0.1, -0.05) is 18.2 Å². The molecule has 0 amide bonds. The number of fused-ring (bicyclic) bond motifs is 1. The molecule has 5 heteroatoms. The summed E-state index contributed by atoms with van der Waals surface area (Å²) in [7, 11) is 0. The Bertz CT molecular complexity index is 559. The van der Waals surface area contributed by atoms with Crippen LogP contribution in [0.1, 0.15) is 0 Å². The Balaban J connectivity index is 2.94. The fraction of sp³-hybridized carbons (Fsp3) is 0. The molecule has 1 heterocycles. The number of H-pyrrole nitrogens is 1. The van der Waals surface area contributed by atoms with Crippen LogP contribution in [0.4, 0.5) is 5.82 Å². The SMILES string of the molecule is O=c1cc2ccccc2c([N+](=O)[O-])[nH]1. The van der Waals surface area contributed by atoms with Crippen LogP contribution < -0.4 is 5.56 Å². The molecule has 70 valence electrons. The zero-order chi connectivity index (χ0) is 10.1. The fourth-order valence-electron chi connectivity index (χ4n) is 1.34. The molecule has 1 aromatic carbocycles. The Labute approximate surface area is 78.1 Å². The number of aromatic amines is 1. The molecule has 0 unspecified atom stereocenters. The molecule has 1 aromatic heterocycles. The van der Waals surface area contributed by atoms with Crippen LogP contribution in [0, 0.1) is 10.1 Å². The van der Waals surface area contributed by atoms with Crippen LogP contribution in [0.25, 0.3) is 10.8 Å². The first kappa shape index (κ1) is 8.43. The van der Waals surface area contributed by atoms with Crippen molar-refractivity contribution in [1.29, 1.82) is 0 Å². The summed E-state index contributed by atoms with van der Waals surface area (Å²) in [5, 5.41) is 11.6. The minimum atomic E-state index is -0.594. The standard InChI is InChI=1S/C9H6N2O3/c12-8-5-6-3-1-2-4-7(6)9(10-8)11(13)14/h1-5H,(H,10,12). The smallest absolute Gasteiger partial charge is 0.332 e. The van der Waals surface area contributed by atoms with Crippen molar-refractivity contribution in [3.63, 3.8) is 0 Å². The Morgan fingerprint density at radius 1 is 1.29 bits per heavy atom. The van der Waals surface area contributed by atoms with Crippen molar-refractivity contribution in [3.8, 4) is 0 Å². The van der Waals surface area contributed by atoms with Crippen molar-refractivity contribution in [1.82, 2.24) is 4.98 Å². The van der Waals surface area contributed by atoms with Gasteiger partial charge in [0.15, 0.2) is 0 Å². The molecule has 0 spiro atoms. The Morgan fingerprint density at radius 3 is 2.71 bits per heavy atom. The zero-order valence-electron chi connectivity index (χ0n) is 7.06. The van der Waals surface area contributed by atoms with Crippen LogP contribution in [-0.2, 0) is 0 Å². The summed E-state index contributed by atoms with van der Waals surface area (Å²) < 4.78 is 0. The van der Waals surface area contributed by atoms with Gasteiger partial charge in [-0.3, -0.25) is 0 Å². The second-order valence-electron chi connectivity index (χ2n) is 2.83. The number of pyridine rings is 1. The van der Waals surface area contributed by atoms with E-state index in [4.69, 9.17) is 0 Å². The number of hydrogen-bond donors (Lipinski definition) is 1. The van der Waals surface area contributed by atoms with E-state index in [-0.39, 0.29) is 5.82 Å². The molecule has 0 aliphatic rings. The van der Waals surface area contributed by atoms with E-state index in [1.54, 1.807) is 24.3 Å². The lowest BCUT2D eigenvalue weighted by molar-refractivity contribution is -0.387. The third-order valence-corrected chi connectivity index (χ3v) is 1.93. The average Bonchev–Trinajstić information content (AvgIpc) is 2.16. The molecule has 0 aliphatic carbocycles. The second-order valence-corrected chi connectivity index (χ2v) is 2.83. The molecule has 2 rings (SSSR count). The summed E-state index contributed by atoms with van der Waals surface area (Å²) in [6, 6.07) is 8.02. The largest absolute Gasteiger partial charge is 0.358 e. The number of nitrogens with zero attached hydrogens (tertiary/aromatic N) is 1. The van der Waals surface area contributed by atoms with E-state index in [1.165, 1.54) is 6.07 Å². The predicted molar refractivity (Wildman–Crippen MR) is 51.2 cm³/mol. The van der Waals surface area contributed by atoms with Crippen molar-refractivity contribution in [2.75, 3.05) is 0 Å². The Morgan fingerprint density at radius 2 is 2.00 bits per heavy atom. The normalized spacial score (nSPS) is 10.3. The van der Waals surface area contributed by atoms with Crippen LogP contribution in [0.15, 0.2) is 35.1 Å². The molecular formula is C9H6N2O3. The van der Waals surface area contributed by atoms with Crippen LogP contribution in [-0.4, -0.2) is 9.91 Å². The number of benzene rings is 1. The van der Waals surface area contributed by atoms with Crippen molar-refractivity contribution in [2.45, 2.75) is 0 Å². The van der Waals surface area contributed by atoms with Crippen LogP contribution in [0.5, 0.6) is 0 Å². The maximum absolute atomic E-state index is 11.0. The van der Waals surface area contributed by atoms with Gasteiger partial charge in [-0.2, -0.15) is 0 Å². The molecule has 0 radical (unpaired) electrons. The summed E-state index contributed by atoms with van der Waals surface area (Å²) in [5.74, 6) is -0.256. The maximum atomic E-state index is 11.0. The van der Waals surface area contributed by atoms with Crippen LogP contribution in [0.3, 0.4) is 0 Å². The highest BCUT2D eigenvalue weighted by atomic mass is 16.6. The maximum Gasteiger partial charge on any atom is 0.332 e. The van der Waals surface area contributed by atoms with Gasteiger partial charge in [-0.25, -0.2) is 9.78 Å².